The Kier molecular flexibility index (Phi) is 4.02. The van der Waals surface area contributed by atoms with E-state index in [1.54, 1.807) is 0 Å². The van der Waals surface area contributed by atoms with Crippen molar-refractivity contribution >= 4 is 0 Å². The van der Waals surface area contributed by atoms with E-state index in [4.69, 9.17) is 4.74 Å². The third-order valence-corrected chi connectivity index (χ3v) is 3.35. The third-order valence-electron chi connectivity index (χ3n) is 3.35. The second-order valence-corrected chi connectivity index (χ2v) is 5.00. The summed E-state index contributed by atoms with van der Waals surface area (Å²) in [4.78, 5) is 2.35. The zero-order chi connectivity index (χ0) is 12.1. The highest BCUT2D eigenvalue weighted by Crippen LogP contribution is 2.20. The number of ether oxygens (including phenoxy) is 1. The van der Waals surface area contributed by atoms with E-state index in [9.17, 15) is 5.11 Å². The lowest BCUT2D eigenvalue weighted by atomic mass is 9.94. The van der Waals surface area contributed by atoms with Crippen molar-refractivity contribution in [2.45, 2.75) is 25.4 Å². The highest BCUT2D eigenvalue weighted by Gasteiger charge is 2.26. The fraction of sp³-hybridized carbons (Fsp3) is 0.571. The lowest BCUT2D eigenvalue weighted by Gasteiger charge is -2.35. The number of hydrogen-bond donors (Lipinski definition) is 1. The number of aliphatic hydroxyl groups is 1. The van der Waals surface area contributed by atoms with E-state index in [2.05, 4.69) is 4.90 Å². The molecule has 1 aliphatic heterocycles. The molecule has 1 saturated heterocycles. The van der Waals surface area contributed by atoms with Gasteiger partial charge in [-0.1, -0.05) is 18.2 Å². The van der Waals surface area contributed by atoms with E-state index in [1.807, 2.05) is 37.3 Å². The van der Waals surface area contributed by atoms with Crippen molar-refractivity contribution < 1.29 is 9.84 Å². The molecule has 0 spiro atoms. The van der Waals surface area contributed by atoms with Gasteiger partial charge in [-0.15, -0.1) is 0 Å². The Labute approximate surface area is 103 Å². The minimum Gasteiger partial charge on any atom is -0.492 e. The number of nitrogens with zero attached hydrogens (tertiary/aromatic N) is 1. The molecule has 0 aromatic heterocycles. The van der Waals surface area contributed by atoms with Gasteiger partial charge >= 0.3 is 0 Å². The molecule has 1 aliphatic rings. The highest BCUT2D eigenvalue weighted by atomic mass is 16.5. The van der Waals surface area contributed by atoms with Gasteiger partial charge in [0, 0.05) is 19.6 Å². The van der Waals surface area contributed by atoms with E-state index in [0.29, 0.717) is 6.61 Å². The van der Waals surface area contributed by atoms with Crippen LogP contribution in [0.4, 0.5) is 0 Å². The molecule has 0 radical (unpaired) electrons. The van der Waals surface area contributed by atoms with Gasteiger partial charge in [-0.2, -0.15) is 0 Å². The second kappa shape index (κ2) is 5.52. The Hall–Kier alpha value is -1.06. The summed E-state index contributed by atoms with van der Waals surface area (Å²) in [6.07, 6.45) is 1.72. The average molecular weight is 235 g/mol. The van der Waals surface area contributed by atoms with Gasteiger partial charge in [-0.25, -0.2) is 0 Å². The van der Waals surface area contributed by atoms with Crippen molar-refractivity contribution in [3.05, 3.63) is 30.3 Å². The summed E-state index contributed by atoms with van der Waals surface area (Å²) in [5.74, 6) is 0.927. The summed E-state index contributed by atoms with van der Waals surface area (Å²) >= 11 is 0. The second-order valence-electron chi connectivity index (χ2n) is 5.00. The maximum absolute atomic E-state index is 9.84. The molecule has 1 heterocycles. The Morgan fingerprint density at radius 3 is 2.53 bits per heavy atom. The van der Waals surface area contributed by atoms with Gasteiger partial charge in [0.25, 0.3) is 0 Å². The summed E-state index contributed by atoms with van der Waals surface area (Å²) in [6.45, 7) is 5.50. The topological polar surface area (TPSA) is 32.7 Å². The number of hydrogen-bond acceptors (Lipinski definition) is 3. The van der Waals surface area contributed by atoms with Crippen LogP contribution in [0, 0.1) is 0 Å². The molecule has 0 saturated carbocycles. The van der Waals surface area contributed by atoms with Crippen molar-refractivity contribution in [3.8, 4) is 5.75 Å². The molecule has 3 nitrogen and oxygen atoms in total. The molecule has 0 aliphatic carbocycles. The molecule has 2 rings (SSSR count). The van der Waals surface area contributed by atoms with Crippen molar-refractivity contribution in [1.29, 1.82) is 0 Å². The molecule has 94 valence electrons. The van der Waals surface area contributed by atoms with Crippen LogP contribution in [0.2, 0.25) is 0 Å². The average Bonchev–Trinajstić information content (AvgIpc) is 2.33. The highest BCUT2D eigenvalue weighted by molar-refractivity contribution is 5.20. The van der Waals surface area contributed by atoms with E-state index in [1.165, 1.54) is 0 Å². The van der Waals surface area contributed by atoms with Crippen LogP contribution < -0.4 is 4.74 Å². The van der Waals surface area contributed by atoms with Crippen molar-refractivity contribution in [3.63, 3.8) is 0 Å². The zero-order valence-electron chi connectivity index (χ0n) is 10.4. The fourth-order valence-corrected chi connectivity index (χ4v) is 2.07. The molecule has 0 bridgehead atoms. The van der Waals surface area contributed by atoms with Crippen molar-refractivity contribution in [2.75, 3.05) is 26.2 Å². The van der Waals surface area contributed by atoms with Crippen LogP contribution in [0.25, 0.3) is 0 Å². The Balaban J connectivity index is 1.67. The first-order valence-corrected chi connectivity index (χ1v) is 6.28. The third kappa shape index (κ3) is 4.02. The molecule has 17 heavy (non-hydrogen) atoms. The van der Waals surface area contributed by atoms with E-state index >= 15 is 0 Å². The van der Waals surface area contributed by atoms with Gasteiger partial charge in [0.05, 0.1) is 5.60 Å². The van der Waals surface area contributed by atoms with E-state index < -0.39 is 5.60 Å². The molecule has 0 unspecified atom stereocenters. The van der Waals surface area contributed by atoms with Crippen LogP contribution in [-0.2, 0) is 0 Å². The van der Waals surface area contributed by atoms with E-state index in [-0.39, 0.29) is 0 Å². The number of piperidine rings is 1. The number of rotatable bonds is 4. The first kappa shape index (κ1) is 12.4. The van der Waals surface area contributed by atoms with Crippen LogP contribution in [0.1, 0.15) is 19.8 Å². The summed E-state index contributed by atoms with van der Waals surface area (Å²) in [6, 6.07) is 9.89. The van der Waals surface area contributed by atoms with Crippen LogP contribution in [-0.4, -0.2) is 41.8 Å². The predicted molar refractivity (Wildman–Crippen MR) is 68.2 cm³/mol. The monoisotopic (exact) mass is 235 g/mol. The van der Waals surface area contributed by atoms with E-state index in [0.717, 1.165) is 38.2 Å². The molecule has 0 atom stereocenters. The first-order valence-electron chi connectivity index (χ1n) is 6.28. The quantitative estimate of drug-likeness (QED) is 0.865. The van der Waals surface area contributed by atoms with Gasteiger partial charge in [0.1, 0.15) is 12.4 Å². The van der Waals surface area contributed by atoms with Crippen LogP contribution in [0.3, 0.4) is 0 Å². The fourth-order valence-electron chi connectivity index (χ4n) is 2.07. The standard InChI is InChI=1S/C14H21NO2/c1-14(16)7-9-15(10-8-14)11-12-17-13-5-3-2-4-6-13/h2-6,16H,7-12H2,1H3. The Morgan fingerprint density at radius 2 is 1.88 bits per heavy atom. The van der Waals surface area contributed by atoms with Gasteiger partial charge in [0.15, 0.2) is 0 Å². The molecule has 1 aromatic carbocycles. The molecular weight excluding hydrogens is 214 g/mol. The summed E-state index contributed by atoms with van der Waals surface area (Å²) in [7, 11) is 0. The van der Waals surface area contributed by atoms with Gasteiger partial charge < -0.3 is 9.84 Å². The minimum atomic E-state index is -0.462. The summed E-state index contributed by atoms with van der Waals surface area (Å²) in [5, 5.41) is 9.84. The van der Waals surface area contributed by atoms with Crippen molar-refractivity contribution in [1.82, 2.24) is 4.90 Å². The first-order chi connectivity index (χ1) is 8.16. The lowest BCUT2D eigenvalue weighted by molar-refractivity contribution is -0.00768. The normalized spacial score (nSPS) is 20.1. The molecule has 1 aromatic rings. The van der Waals surface area contributed by atoms with Crippen LogP contribution in [0.5, 0.6) is 5.75 Å². The number of benzene rings is 1. The minimum absolute atomic E-state index is 0.462. The molecule has 3 heteroatoms. The van der Waals surface area contributed by atoms with Gasteiger partial charge in [-0.05, 0) is 31.9 Å². The largest absolute Gasteiger partial charge is 0.492 e. The predicted octanol–water partition coefficient (Wildman–Crippen LogP) is 1.91. The molecule has 1 fully saturated rings. The number of para-hydroxylation sites is 1. The Morgan fingerprint density at radius 1 is 1.24 bits per heavy atom. The lowest BCUT2D eigenvalue weighted by Crippen LogP contribution is -2.43. The van der Waals surface area contributed by atoms with Crippen LogP contribution >= 0.6 is 0 Å². The van der Waals surface area contributed by atoms with Crippen molar-refractivity contribution in [2.24, 2.45) is 0 Å². The molecule has 1 N–H and O–H groups in total. The molecule has 0 amide bonds. The smallest absolute Gasteiger partial charge is 0.119 e. The Bertz CT molecular complexity index is 327. The summed E-state index contributed by atoms with van der Waals surface area (Å²) in [5.41, 5.74) is -0.462. The SMILES string of the molecule is CC1(O)CCN(CCOc2ccccc2)CC1. The summed E-state index contributed by atoms with van der Waals surface area (Å²) < 4.78 is 5.66. The van der Waals surface area contributed by atoms with Gasteiger partial charge in [0.2, 0.25) is 0 Å². The maximum atomic E-state index is 9.84. The molecular formula is C14H21NO2. The van der Waals surface area contributed by atoms with Gasteiger partial charge in [-0.3, -0.25) is 4.90 Å². The maximum Gasteiger partial charge on any atom is 0.119 e. The zero-order valence-corrected chi connectivity index (χ0v) is 10.4. The van der Waals surface area contributed by atoms with Crippen LogP contribution in [0.15, 0.2) is 30.3 Å². The number of likely N-dealkylation sites (tertiary alicyclic amines) is 1.